The van der Waals surface area contributed by atoms with Crippen LogP contribution in [0.15, 0.2) is 72.9 Å². The van der Waals surface area contributed by atoms with Crippen LogP contribution in [0.25, 0.3) is 0 Å². The number of fused-ring (bicyclic) bond motifs is 6. The maximum Gasteiger partial charge on any atom is 0.259 e. The van der Waals surface area contributed by atoms with Gasteiger partial charge < -0.3 is 20.7 Å². The zero-order valence-electron chi connectivity index (χ0n) is 18.4. The first-order valence-corrected chi connectivity index (χ1v) is 11.2. The van der Waals surface area contributed by atoms with E-state index in [1.54, 1.807) is 25.4 Å². The molecule has 1 aliphatic heterocycles. The third kappa shape index (κ3) is 4.65. The first kappa shape index (κ1) is 21.7. The van der Waals surface area contributed by atoms with Gasteiger partial charge in [-0.1, -0.05) is 35.9 Å². The molecule has 8 heteroatoms. The molecule has 0 radical (unpaired) electrons. The molecule has 0 fully saturated rings. The van der Waals surface area contributed by atoms with Crippen LogP contribution in [0.5, 0.6) is 5.75 Å². The molecule has 1 aromatic heterocycles. The molecule has 0 saturated heterocycles. The van der Waals surface area contributed by atoms with Crippen molar-refractivity contribution in [3.8, 4) is 5.75 Å². The number of aromatic nitrogens is 2. The van der Waals surface area contributed by atoms with Crippen molar-refractivity contribution in [1.29, 1.82) is 0 Å². The van der Waals surface area contributed by atoms with E-state index in [0.29, 0.717) is 28.1 Å². The van der Waals surface area contributed by atoms with Crippen molar-refractivity contribution in [3.05, 3.63) is 94.6 Å². The Labute approximate surface area is 202 Å². The lowest BCUT2D eigenvalue weighted by molar-refractivity contribution is 0.102. The van der Waals surface area contributed by atoms with E-state index in [1.165, 1.54) is 0 Å². The Morgan fingerprint density at radius 2 is 1.85 bits per heavy atom. The van der Waals surface area contributed by atoms with E-state index in [4.69, 9.17) is 16.3 Å². The van der Waals surface area contributed by atoms with Gasteiger partial charge in [0.2, 0.25) is 5.95 Å². The highest BCUT2D eigenvalue weighted by molar-refractivity contribution is 6.32. The van der Waals surface area contributed by atoms with Crippen LogP contribution in [-0.4, -0.2) is 23.0 Å². The first-order valence-electron chi connectivity index (χ1n) is 10.8. The summed E-state index contributed by atoms with van der Waals surface area (Å²) in [4.78, 5) is 21.8. The number of amides is 1. The van der Waals surface area contributed by atoms with Crippen LogP contribution in [0.2, 0.25) is 5.02 Å². The fraction of sp³-hybridized carbons (Fsp3) is 0.115. The number of carbonyl (C=O) groups is 1. The Morgan fingerprint density at radius 3 is 2.74 bits per heavy atom. The summed E-state index contributed by atoms with van der Waals surface area (Å²) in [5.41, 5.74) is 5.04. The summed E-state index contributed by atoms with van der Waals surface area (Å²) in [5.74, 6) is 1.24. The number of nitrogens with zero attached hydrogens (tertiary/aromatic N) is 2. The van der Waals surface area contributed by atoms with Crippen LogP contribution in [-0.2, 0) is 12.8 Å². The normalized spacial score (nSPS) is 12.2. The first-order chi connectivity index (χ1) is 16.6. The topological polar surface area (TPSA) is 88.2 Å². The number of halogens is 1. The minimum atomic E-state index is -0.230. The number of nitrogens with one attached hydrogen (secondary N) is 3. The maximum absolute atomic E-state index is 13.0. The number of hydrogen-bond donors (Lipinski definition) is 3. The van der Waals surface area contributed by atoms with E-state index < -0.39 is 0 Å². The Hall–Kier alpha value is -4.10. The van der Waals surface area contributed by atoms with E-state index in [9.17, 15) is 4.79 Å². The monoisotopic (exact) mass is 471 g/mol. The van der Waals surface area contributed by atoms with Crippen LogP contribution in [0.3, 0.4) is 0 Å². The van der Waals surface area contributed by atoms with Gasteiger partial charge in [0.1, 0.15) is 10.8 Å². The second-order valence-corrected chi connectivity index (χ2v) is 8.27. The van der Waals surface area contributed by atoms with E-state index in [1.807, 2.05) is 42.5 Å². The van der Waals surface area contributed by atoms with Gasteiger partial charge in [-0.2, -0.15) is 4.98 Å². The van der Waals surface area contributed by atoms with Crippen molar-refractivity contribution in [2.75, 3.05) is 23.1 Å². The molecule has 0 unspecified atom stereocenters. The predicted molar refractivity (Wildman–Crippen MR) is 135 cm³/mol. The van der Waals surface area contributed by atoms with Crippen molar-refractivity contribution in [3.63, 3.8) is 0 Å². The zero-order valence-corrected chi connectivity index (χ0v) is 19.2. The van der Waals surface area contributed by atoms with Crippen LogP contribution < -0.4 is 20.7 Å². The van der Waals surface area contributed by atoms with Gasteiger partial charge in [-0.05, 0) is 66.4 Å². The molecule has 0 saturated carbocycles. The number of para-hydroxylation sites is 1. The van der Waals surface area contributed by atoms with E-state index >= 15 is 0 Å². The molecule has 0 spiro atoms. The average Bonchev–Trinajstić information content (AvgIpc) is 2.86. The third-order valence-electron chi connectivity index (χ3n) is 5.58. The van der Waals surface area contributed by atoms with Crippen LogP contribution in [0.4, 0.5) is 28.8 Å². The third-order valence-corrected chi connectivity index (χ3v) is 5.85. The van der Waals surface area contributed by atoms with Gasteiger partial charge in [-0.25, -0.2) is 4.98 Å². The van der Waals surface area contributed by atoms with Gasteiger partial charge >= 0.3 is 0 Å². The van der Waals surface area contributed by atoms with Gasteiger partial charge in [-0.3, -0.25) is 4.79 Å². The summed E-state index contributed by atoms with van der Waals surface area (Å²) in [6, 6.07) is 21.0. The smallest absolute Gasteiger partial charge is 0.259 e. The molecule has 3 N–H and O–H groups in total. The summed E-state index contributed by atoms with van der Waals surface area (Å²) < 4.78 is 5.35. The second-order valence-electron chi connectivity index (χ2n) is 7.87. The van der Waals surface area contributed by atoms with E-state index in [0.717, 1.165) is 41.0 Å². The van der Waals surface area contributed by atoms with Crippen molar-refractivity contribution >= 4 is 46.3 Å². The minimum Gasteiger partial charge on any atom is -0.496 e. The second kappa shape index (κ2) is 9.41. The van der Waals surface area contributed by atoms with Crippen molar-refractivity contribution in [2.24, 2.45) is 0 Å². The Balaban J connectivity index is 1.52. The molecular weight excluding hydrogens is 450 g/mol. The summed E-state index contributed by atoms with van der Waals surface area (Å²) in [5, 5.41) is 9.96. The van der Waals surface area contributed by atoms with Crippen molar-refractivity contribution < 1.29 is 9.53 Å². The van der Waals surface area contributed by atoms with Gasteiger partial charge in [-0.15, -0.1) is 0 Å². The van der Waals surface area contributed by atoms with E-state index in [2.05, 4.69) is 38.1 Å². The largest absolute Gasteiger partial charge is 0.496 e. The molecule has 5 rings (SSSR count). The molecule has 4 aromatic rings. The summed E-state index contributed by atoms with van der Waals surface area (Å²) in [6.07, 6.45) is 3.07. The standard InChI is InChI=1S/C26H22ClN5O2/c1-34-23-8-3-2-7-20(23)25(33)31-22-12-11-19-14-17(22)10-9-16-5-4-6-18(13-16)30-26-28-15-21(27)24(29-19)32-26/h2-8,11-15H,9-10H2,1H3,(H,31,33)(H2,28,29,30,32). The molecule has 170 valence electrons. The fourth-order valence-electron chi connectivity index (χ4n) is 3.89. The number of aryl methyl sites for hydroxylation is 2. The van der Waals surface area contributed by atoms with E-state index in [-0.39, 0.29) is 5.91 Å². The zero-order chi connectivity index (χ0) is 23.5. The van der Waals surface area contributed by atoms with Gasteiger partial charge in [0.25, 0.3) is 5.91 Å². The Morgan fingerprint density at radius 1 is 1.00 bits per heavy atom. The molecule has 6 bridgehead atoms. The van der Waals surface area contributed by atoms with Gasteiger partial charge in [0.05, 0.1) is 18.9 Å². The number of benzene rings is 3. The molecule has 1 aliphatic rings. The fourth-order valence-corrected chi connectivity index (χ4v) is 4.02. The molecule has 0 atom stereocenters. The highest BCUT2D eigenvalue weighted by Crippen LogP contribution is 2.30. The lowest BCUT2D eigenvalue weighted by Crippen LogP contribution is -2.15. The minimum absolute atomic E-state index is 0.230. The van der Waals surface area contributed by atoms with Crippen molar-refractivity contribution in [2.45, 2.75) is 12.8 Å². The quantitative estimate of drug-likeness (QED) is 0.341. The number of hydrogen-bond acceptors (Lipinski definition) is 6. The number of rotatable bonds is 3. The number of ether oxygens (including phenoxy) is 1. The average molecular weight is 472 g/mol. The Bertz CT molecular complexity index is 1380. The predicted octanol–water partition coefficient (Wildman–Crippen LogP) is 5.98. The van der Waals surface area contributed by atoms with Crippen LogP contribution in [0.1, 0.15) is 21.5 Å². The summed E-state index contributed by atoms with van der Waals surface area (Å²) >= 11 is 6.35. The molecule has 2 heterocycles. The summed E-state index contributed by atoms with van der Waals surface area (Å²) in [6.45, 7) is 0. The van der Waals surface area contributed by atoms with Crippen LogP contribution in [0, 0.1) is 0 Å². The lowest BCUT2D eigenvalue weighted by atomic mass is 10.0. The lowest BCUT2D eigenvalue weighted by Gasteiger charge is -2.15. The highest BCUT2D eigenvalue weighted by atomic mass is 35.5. The highest BCUT2D eigenvalue weighted by Gasteiger charge is 2.15. The molecule has 1 amide bonds. The number of carbonyl (C=O) groups excluding carboxylic acids is 1. The molecular formula is C26H22ClN5O2. The molecule has 3 aromatic carbocycles. The number of anilines is 5. The SMILES string of the molecule is COc1ccccc1C(=O)Nc1ccc2cc1CCc1cccc(c1)Nc1ncc(Cl)c(n1)N2. The summed E-state index contributed by atoms with van der Waals surface area (Å²) in [7, 11) is 1.55. The van der Waals surface area contributed by atoms with Crippen LogP contribution >= 0.6 is 11.6 Å². The molecule has 7 nitrogen and oxygen atoms in total. The van der Waals surface area contributed by atoms with Crippen molar-refractivity contribution in [1.82, 2.24) is 9.97 Å². The maximum atomic E-state index is 13.0. The Kier molecular flexibility index (Phi) is 6.01. The molecule has 0 aliphatic carbocycles. The van der Waals surface area contributed by atoms with Gasteiger partial charge in [0, 0.05) is 17.1 Å². The number of methoxy groups -OCH3 is 1. The molecule has 34 heavy (non-hydrogen) atoms. The van der Waals surface area contributed by atoms with Gasteiger partial charge in [0.15, 0.2) is 5.82 Å².